The van der Waals surface area contributed by atoms with E-state index in [1.165, 1.54) is 0 Å². The molecule has 1 aromatic carbocycles. The molecule has 7 nitrogen and oxygen atoms in total. The minimum Gasteiger partial charge on any atom is -0.369 e. The van der Waals surface area contributed by atoms with Crippen molar-refractivity contribution in [1.82, 2.24) is 15.6 Å². The number of primary amides is 1. The van der Waals surface area contributed by atoms with Gasteiger partial charge >= 0.3 is 0 Å². The van der Waals surface area contributed by atoms with Gasteiger partial charge in [0.05, 0.1) is 0 Å². The van der Waals surface area contributed by atoms with Crippen LogP contribution < -0.4 is 21.3 Å². The quantitative estimate of drug-likeness (QED) is 0.498. The van der Waals surface area contributed by atoms with E-state index in [0.717, 1.165) is 42.9 Å². The number of aromatic nitrogens is 1. The van der Waals surface area contributed by atoms with Gasteiger partial charge in [0, 0.05) is 55.9 Å². The maximum atomic E-state index is 11.4. The minimum absolute atomic E-state index is 0.0361. The topological polar surface area (TPSA) is 95.6 Å². The van der Waals surface area contributed by atoms with Gasteiger partial charge < -0.3 is 21.3 Å². The maximum Gasteiger partial charge on any atom is 0.220 e. The summed E-state index contributed by atoms with van der Waals surface area (Å²) in [6.07, 6.45) is 3.33. The Morgan fingerprint density at radius 1 is 1.24 bits per heavy atom. The van der Waals surface area contributed by atoms with Crippen LogP contribution >= 0.6 is 11.6 Å². The molecule has 1 aromatic heterocycles. The molecule has 3 rings (SSSR count). The van der Waals surface area contributed by atoms with E-state index < -0.39 is 0 Å². The summed E-state index contributed by atoms with van der Waals surface area (Å²) >= 11 is 6.04. The number of hydrogen-bond acceptors (Lipinski definition) is 4. The number of halogens is 1. The highest BCUT2D eigenvalue weighted by Crippen LogP contribution is 2.24. The summed E-state index contributed by atoms with van der Waals surface area (Å²) in [5.74, 6) is 1.40. The van der Waals surface area contributed by atoms with Crippen molar-refractivity contribution in [3.63, 3.8) is 0 Å². The molecule has 0 bridgehead atoms. The van der Waals surface area contributed by atoms with E-state index in [2.05, 4.69) is 31.6 Å². The molecule has 154 valence electrons. The maximum absolute atomic E-state index is 11.4. The summed E-state index contributed by atoms with van der Waals surface area (Å²) in [5.41, 5.74) is 7.61. The molecule has 1 amide bonds. The number of carbonyl (C=O) groups is 1. The van der Waals surface area contributed by atoms with Crippen LogP contribution in [-0.2, 0) is 17.9 Å². The van der Waals surface area contributed by atoms with Crippen LogP contribution in [0.15, 0.2) is 47.6 Å². The molecule has 0 saturated carbocycles. The van der Waals surface area contributed by atoms with E-state index >= 15 is 0 Å². The van der Waals surface area contributed by atoms with Crippen LogP contribution in [-0.4, -0.2) is 37.0 Å². The first-order chi connectivity index (χ1) is 14.1. The van der Waals surface area contributed by atoms with E-state index in [4.69, 9.17) is 17.3 Å². The molecule has 4 N–H and O–H groups in total. The average Bonchev–Trinajstić information content (AvgIpc) is 2.74. The Morgan fingerprint density at radius 2 is 2.00 bits per heavy atom. The minimum atomic E-state index is -0.206. The van der Waals surface area contributed by atoms with E-state index in [0.29, 0.717) is 24.1 Å². The van der Waals surface area contributed by atoms with Crippen molar-refractivity contribution in [1.29, 1.82) is 0 Å². The van der Waals surface area contributed by atoms with Crippen LogP contribution in [0.25, 0.3) is 0 Å². The molecule has 8 heteroatoms. The molecule has 29 heavy (non-hydrogen) atoms. The largest absolute Gasteiger partial charge is 0.369 e. The first-order valence-electron chi connectivity index (χ1n) is 9.74. The number of hydrogen-bond donors (Lipinski definition) is 3. The Labute approximate surface area is 176 Å². The van der Waals surface area contributed by atoms with Gasteiger partial charge in [-0.25, -0.2) is 4.98 Å². The third kappa shape index (κ3) is 5.84. The molecule has 0 atom stereocenters. The van der Waals surface area contributed by atoms with Gasteiger partial charge in [-0.1, -0.05) is 29.8 Å². The molecule has 1 aliphatic heterocycles. The van der Waals surface area contributed by atoms with Crippen LogP contribution in [0, 0.1) is 5.92 Å². The number of nitrogens with zero attached hydrogens (tertiary/aromatic N) is 3. The van der Waals surface area contributed by atoms with Crippen molar-refractivity contribution in [2.45, 2.75) is 25.9 Å². The summed E-state index contributed by atoms with van der Waals surface area (Å²) in [6, 6.07) is 11.7. The Hall–Kier alpha value is -2.80. The Morgan fingerprint density at radius 3 is 2.69 bits per heavy atom. The predicted octanol–water partition coefficient (Wildman–Crippen LogP) is 2.30. The third-order valence-corrected chi connectivity index (χ3v) is 5.32. The molecule has 1 aliphatic rings. The van der Waals surface area contributed by atoms with Crippen molar-refractivity contribution >= 4 is 29.3 Å². The summed E-state index contributed by atoms with van der Waals surface area (Å²) in [7, 11) is 1.74. The van der Waals surface area contributed by atoms with Crippen LogP contribution in [0.2, 0.25) is 5.02 Å². The fraction of sp³-hybridized carbons (Fsp3) is 0.381. The highest BCUT2D eigenvalue weighted by molar-refractivity contribution is 6.30. The number of rotatable bonds is 6. The zero-order valence-electron chi connectivity index (χ0n) is 16.6. The van der Waals surface area contributed by atoms with Gasteiger partial charge in [-0.05, 0) is 36.6 Å². The lowest BCUT2D eigenvalue weighted by Gasteiger charge is -2.32. The molecule has 2 aromatic rings. The lowest BCUT2D eigenvalue weighted by Crippen LogP contribution is -2.40. The van der Waals surface area contributed by atoms with Gasteiger partial charge in [-0.15, -0.1) is 0 Å². The number of carbonyl (C=O) groups excluding carboxylic acids is 1. The first kappa shape index (κ1) is 20.9. The van der Waals surface area contributed by atoms with E-state index in [9.17, 15) is 4.79 Å². The number of amides is 1. The van der Waals surface area contributed by atoms with Gasteiger partial charge in [0.15, 0.2) is 5.96 Å². The smallest absolute Gasteiger partial charge is 0.220 e. The molecular formula is C21H27ClN6O. The van der Waals surface area contributed by atoms with Crippen LogP contribution in [0.4, 0.5) is 5.82 Å². The van der Waals surface area contributed by atoms with Gasteiger partial charge in [-0.3, -0.25) is 9.79 Å². The summed E-state index contributed by atoms with van der Waals surface area (Å²) < 4.78 is 0. The molecule has 1 saturated heterocycles. The Kier molecular flexibility index (Phi) is 7.30. The molecule has 0 unspecified atom stereocenters. The lowest BCUT2D eigenvalue weighted by molar-refractivity contribution is -0.122. The lowest BCUT2D eigenvalue weighted by atomic mass is 9.96. The fourth-order valence-corrected chi connectivity index (χ4v) is 3.67. The Balaban J connectivity index is 1.58. The van der Waals surface area contributed by atoms with Crippen molar-refractivity contribution in [2.24, 2.45) is 16.6 Å². The zero-order valence-corrected chi connectivity index (χ0v) is 17.3. The number of anilines is 1. The highest BCUT2D eigenvalue weighted by atomic mass is 35.5. The molecule has 2 heterocycles. The fourth-order valence-electron chi connectivity index (χ4n) is 3.46. The van der Waals surface area contributed by atoms with Gasteiger partial charge in [0.25, 0.3) is 0 Å². The number of guanidine groups is 1. The number of nitrogens with two attached hydrogens (primary N) is 1. The molecule has 1 fully saturated rings. The number of nitrogens with one attached hydrogen (secondary N) is 2. The number of benzene rings is 1. The number of pyridine rings is 1. The van der Waals surface area contributed by atoms with Gasteiger partial charge in [-0.2, -0.15) is 0 Å². The number of aliphatic imine (C=N–C) groups is 1. The highest BCUT2D eigenvalue weighted by Gasteiger charge is 2.24. The van der Waals surface area contributed by atoms with Gasteiger partial charge in [0.2, 0.25) is 5.91 Å². The van der Waals surface area contributed by atoms with Crippen molar-refractivity contribution in [3.05, 3.63) is 58.7 Å². The third-order valence-electron chi connectivity index (χ3n) is 5.08. The second kappa shape index (κ2) is 10.1. The van der Waals surface area contributed by atoms with E-state index in [-0.39, 0.29) is 11.8 Å². The van der Waals surface area contributed by atoms with E-state index in [1.807, 2.05) is 30.3 Å². The van der Waals surface area contributed by atoms with Crippen molar-refractivity contribution < 1.29 is 4.79 Å². The van der Waals surface area contributed by atoms with Gasteiger partial charge in [0.1, 0.15) is 5.82 Å². The van der Waals surface area contributed by atoms with Crippen LogP contribution in [0.1, 0.15) is 24.0 Å². The summed E-state index contributed by atoms with van der Waals surface area (Å²) in [4.78, 5) is 22.5. The van der Waals surface area contributed by atoms with Crippen molar-refractivity contribution in [3.8, 4) is 0 Å². The predicted molar refractivity (Wildman–Crippen MR) is 117 cm³/mol. The standard InChI is InChI=1S/C21H27ClN6O/c1-24-21(26-13-15-4-2-6-18(22)12-15)27-14-17-5-3-9-25-20(17)28-10-7-16(8-11-28)19(23)29/h2-6,9,12,16H,7-8,10-11,13-14H2,1H3,(H2,23,29)(H2,24,26,27). The monoisotopic (exact) mass is 414 g/mol. The zero-order chi connectivity index (χ0) is 20.6. The molecule has 0 radical (unpaired) electrons. The normalized spacial score (nSPS) is 15.2. The summed E-state index contributed by atoms with van der Waals surface area (Å²) in [6.45, 7) is 2.77. The second-order valence-electron chi connectivity index (χ2n) is 7.06. The Bertz CT molecular complexity index is 864. The molecule has 0 spiro atoms. The first-order valence-corrected chi connectivity index (χ1v) is 10.1. The molecular weight excluding hydrogens is 388 g/mol. The summed E-state index contributed by atoms with van der Waals surface area (Å²) in [5, 5.41) is 7.35. The van der Waals surface area contributed by atoms with Crippen molar-refractivity contribution in [2.75, 3.05) is 25.0 Å². The average molecular weight is 415 g/mol. The molecule has 0 aliphatic carbocycles. The second-order valence-corrected chi connectivity index (χ2v) is 7.50. The van der Waals surface area contributed by atoms with Crippen LogP contribution in [0.5, 0.6) is 0 Å². The van der Waals surface area contributed by atoms with Crippen LogP contribution in [0.3, 0.4) is 0 Å². The number of piperidine rings is 1. The SMILES string of the molecule is CN=C(NCc1cccc(Cl)c1)NCc1cccnc1N1CCC(C(N)=O)CC1. The van der Waals surface area contributed by atoms with E-state index in [1.54, 1.807) is 13.2 Å².